The Hall–Kier alpha value is -0.570. The zero-order valence-electron chi connectivity index (χ0n) is 13.1. The normalized spacial score (nSPS) is 28.1. The first kappa shape index (κ1) is 15.3. The average Bonchev–Trinajstić information content (AvgIpc) is 2.45. The van der Waals surface area contributed by atoms with Crippen molar-refractivity contribution in [1.29, 1.82) is 0 Å². The van der Waals surface area contributed by atoms with Gasteiger partial charge in [-0.2, -0.15) is 0 Å². The topological polar surface area (TPSA) is 12.5 Å². The SMILES string of the molecule is CC1CN(CC(Cl)c2ccc3c(c2)CCCC3)CC(C)O1. The molecule has 3 unspecified atom stereocenters. The molecule has 1 aromatic carbocycles. The summed E-state index contributed by atoms with van der Waals surface area (Å²) in [6, 6.07) is 6.87. The second kappa shape index (κ2) is 6.68. The van der Waals surface area contributed by atoms with E-state index in [2.05, 4.69) is 36.9 Å². The molecular weight excluding hydrogens is 282 g/mol. The quantitative estimate of drug-likeness (QED) is 0.784. The van der Waals surface area contributed by atoms with Gasteiger partial charge in [-0.15, -0.1) is 11.6 Å². The van der Waals surface area contributed by atoms with Gasteiger partial charge in [0.15, 0.2) is 0 Å². The van der Waals surface area contributed by atoms with E-state index < -0.39 is 0 Å². The van der Waals surface area contributed by atoms with Gasteiger partial charge in [0, 0.05) is 19.6 Å². The smallest absolute Gasteiger partial charge is 0.0712 e. The first-order valence-electron chi connectivity index (χ1n) is 8.25. The first-order valence-corrected chi connectivity index (χ1v) is 8.69. The van der Waals surface area contributed by atoms with Crippen LogP contribution in [0, 0.1) is 0 Å². The summed E-state index contributed by atoms with van der Waals surface area (Å²) in [6.07, 6.45) is 5.73. The Bertz CT molecular complexity index is 480. The van der Waals surface area contributed by atoms with Crippen molar-refractivity contribution in [2.75, 3.05) is 19.6 Å². The lowest BCUT2D eigenvalue weighted by Gasteiger charge is -2.36. The summed E-state index contributed by atoms with van der Waals surface area (Å²) in [7, 11) is 0. The molecule has 1 aliphatic heterocycles. The predicted molar refractivity (Wildman–Crippen MR) is 88.1 cm³/mol. The Morgan fingerprint density at radius 2 is 1.81 bits per heavy atom. The molecular formula is C18H26ClNO. The summed E-state index contributed by atoms with van der Waals surface area (Å²) in [5.74, 6) is 0. The highest BCUT2D eigenvalue weighted by Gasteiger charge is 2.24. The molecule has 116 valence electrons. The largest absolute Gasteiger partial charge is 0.373 e. The van der Waals surface area contributed by atoms with Crippen molar-refractivity contribution in [3.8, 4) is 0 Å². The number of alkyl halides is 1. The number of hydrogen-bond donors (Lipinski definition) is 0. The number of hydrogen-bond acceptors (Lipinski definition) is 2. The lowest BCUT2D eigenvalue weighted by molar-refractivity contribution is -0.0678. The minimum absolute atomic E-state index is 0.0785. The van der Waals surface area contributed by atoms with E-state index in [1.54, 1.807) is 0 Å². The molecule has 3 atom stereocenters. The van der Waals surface area contributed by atoms with Crippen molar-refractivity contribution in [2.24, 2.45) is 0 Å². The van der Waals surface area contributed by atoms with Gasteiger partial charge < -0.3 is 4.74 Å². The van der Waals surface area contributed by atoms with E-state index in [1.807, 2.05) is 0 Å². The molecule has 0 amide bonds. The maximum atomic E-state index is 6.69. The molecule has 0 spiro atoms. The number of morpholine rings is 1. The summed E-state index contributed by atoms with van der Waals surface area (Å²) in [4.78, 5) is 2.44. The van der Waals surface area contributed by atoms with E-state index >= 15 is 0 Å². The third-order valence-corrected chi connectivity index (χ3v) is 5.04. The molecule has 3 rings (SSSR count). The van der Waals surface area contributed by atoms with Crippen LogP contribution in [0.2, 0.25) is 0 Å². The van der Waals surface area contributed by atoms with Crippen molar-refractivity contribution >= 4 is 11.6 Å². The van der Waals surface area contributed by atoms with Gasteiger partial charge in [0.2, 0.25) is 0 Å². The highest BCUT2D eigenvalue weighted by atomic mass is 35.5. The molecule has 0 saturated carbocycles. The van der Waals surface area contributed by atoms with E-state index in [9.17, 15) is 0 Å². The molecule has 1 fully saturated rings. The summed E-state index contributed by atoms with van der Waals surface area (Å²) >= 11 is 6.69. The number of halogens is 1. The van der Waals surface area contributed by atoms with Crippen LogP contribution < -0.4 is 0 Å². The van der Waals surface area contributed by atoms with Crippen molar-refractivity contribution < 1.29 is 4.74 Å². The van der Waals surface area contributed by atoms with Crippen LogP contribution in [-0.2, 0) is 17.6 Å². The summed E-state index contributed by atoms with van der Waals surface area (Å²) in [6.45, 7) is 7.17. The number of fused-ring (bicyclic) bond motifs is 1. The molecule has 2 aliphatic rings. The molecule has 2 nitrogen and oxygen atoms in total. The van der Waals surface area contributed by atoms with Crippen LogP contribution in [0.15, 0.2) is 18.2 Å². The fourth-order valence-electron chi connectivity index (χ4n) is 3.71. The first-order chi connectivity index (χ1) is 10.1. The fourth-order valence-corrected chi connectivity index (χ4v) is 4.04. The van der Waals surface area contributed by atoms with Crippen LogP contribution in [0.1, 0.15) is 48.8 Å². The van der Waals surface area contributed by atoms with Crippen molar-refractivity contribution in [3.05, 3.63) is 34.9 Å². The Morgan fingerprint density at radius 1 is 1.14 bits per heavy atom. The fraction of sp³-hybridized carbons (Fsp3) is 0.667. The Balaban J connectivity index is 1.66. The highest BCUT2D eigenvalue weighted by molar-refractivity contribution is 6.21. The van der Waals surface area contributed by atoms with Gasteiger partial charge in [0.05, 0.1) is 17.6 Å². The maximum absolute atomic E-state index is 6.69. The van der Waals surface area contributed by atoms with Crippen LogP contribution in [0.25, 0.3) is 0 Å². The molecule has 0 radical (unpaired) electrons. The van der Waals surface area contributed by atoms with Gasteiger partial charge in [-0.05, 0) is 56.2 Å². The molecule has 1 aliphatic carbocycles. The van der Waals surface area contributed by atoms with E-state index in [4.69, 9.17) is 16.3 Å². The number of nitrogens with zero attached hydrogens (tertiary/aromatic N) is 1. The van der Waals surface area contributed by atoms with Gasteiger partial charge in [0.25, 0.3) is 0 Å². The summed E-state index contributed by atoms with van der Waals surface area (Å²) in [5.41, 5.74) is 4.33. The molecule has 1 saturated heterocycles. The van der Waals surface area contributed by atoms with Crippen molar-refractivity contribution in [3.63, 3.8) is 0 Å². The monoisotopic (exact) mass is 307 g/mol. The second-order valence-electron chi connectivity index (χ2n) is 6.68. The molecule has 0 aromatic heterocycles. The molecule has 1 aromatic rings. The van der Waals surface area contributed by atoms with Gasteiger partial charge >= 0.3 is 0 Å². The molecule has 21 heavy (non-hydrogen) atoms. The standard InChI is InChI=1S/C18H26ClNO/c1-13-10-20(11-14(2)21-13)12-18(19)17-8-7-15-5-3-4-6-16(15)9-17/h7-9,13-14,18H,3-6,10-12H2,1-2H3. The van der Waals surface area contributed by atoms with Crippen molar-refractivity contribution in [1.82, 2.24) is 4.90 Å². The molecule has 0 bridgehead atoms. The number of ether oxygens (including phenoxy) is 1. The van der Waals surface area contributed by atoms with Gasteiger partial charge in [-0.1, -0.05) is 18.2 Å². The minimum atomic E-state index is 0.0785. The zero-order valence-corrected chi connectivity index (χ0v) is 13.9. The minimum Gasteiger partial charge on any atom is -0.373 e. The van der Waals surface area contributed by atoms with E-state index in [-0.39, 0.29) is 5.38 Å². The van der Waals surface area contributed by atoms with Gasteiger partial charge in [0.1, 0.15) is 0 Å². The van der Waals surface area contributed by atoms with Gasteiger partial charge in [-0.3, -0.25) is 4.90 Å². The Labute approximate surface area is 133 Å². The predicted octanol–water partition coefficient (Wildman–Crippen LogP) is 3.95. The molecule has 1 heterocycles. The number of aryl methyl sites for hydroxylation is 2. The van der Waals surface area contributed by atoms with Crippen LogP contribution in [-0.4, -0.2) is 36.7 Å². The van der Waals surface area contributed by atoms with Crippen LogP contribution in [0.4, 0.5) is 0 Å². The number of rotatable bonds is 3. The van der Waals surface area contributed by atoms with Crippen LogP contribution in [0.3, 0.4) is 0 Å². The van der Waals surface area contributed by atoms with Gasteiger partial charge in [-0.25, -0.2) is 0 Å². The summed E-state index contributed by atoms with van der Waals surface area (Å²) < 4.78 is 5.79. The highest BCUT2D eigenvalue weighted by Crippen LogP contribution is 2.28. The summed E-state index contributed by atoms with van der Waals surface area (Å²) in [5, 5.41) is 0.0785. The Kier molecular flexibility index (Phi) is 4.88. The van der Waals surface area contributed by atoms with Crippen molar-refractivity contribution in [2.45, 2.75) is 57.1 Å². The van der Waals surface area contributed by atoms with E-state index in [0.717, 1.165) is 19.6 Å². The maximum Gasteiger partial charge on any atom is 0.0712 e. The average molecular weight is 308 g/mol. The number of benzene rings is 1. The lowest BCUT2D eigenvalue weighted by Crippen LogP contribution is -2.46. The van der Waals surface area contributed by atoms with E-state index in [1.165, 1.54) is 42.4 Å². The van der Waals surface area contributed by atoms with Crippen LogP contribution in [0.5, 0.6) is 0 Å². The Morgan fingerprint density at radius 3 is 2.52 bits per heavy atom. The van der Waals surface area contributed by atoms with Crippen LogP contribution >= 0.6 is 11.6 Å². The molecule has 3 heteroatoms. The van der Waals surface area contributed by atoms with E-state index in [0.29, 0.717) is 12.2 Å². The molecule has 0 N–H and O–H groups in total. The third-order valence-electron chi connectivity index (χ3n) is 4.65. The lowest BCUT2D eigenvalue weighted by atomic mass is 9.90. The zero-order chi connectivity index (χ0) is 14.8. The third kappa shape index (κ3) is 3.80. The second-order valence-corrected chi connectivity index (χ2v) is 7.21.